The van der Waals surface area contributed by atoms with Crippen LogP contribution in [0, 0.1) is 0 Å². The van der Waals surface area contributed by atoms with E-state index in [-0.39, 0.29) is 11.4 Å². The average Bonchev–Trinajstić information content (AvgIpc) is 3.40. The van der Waals surface area contributed by atoms with Crippen LogP contribution in [0.15, 0.2) is 101 Å². The highest BCUT2D eigenvalue weighted by atomic mass is 79.9. The predicted octanol–water partition coefficient (Wildman–Crippen LogP) is 6.04. The second kappa shape index (κ2) is 10.5. The van der Waals surface area contributed by atoms with Gasteiger partial charge in [-0.25, -0.2) is 5.43 Å². The van der Waals surface area contributed by atoms with Gasteiger partial charge in [0.1, 0.15) is 23.8 Å². The normalized spacial score (nSPS) is 11.1. The third kappa shape index (κ3) is 5.13. The number of aromatic hydroxyl groups is 1. The molecule has 5 aromatic rings. The Morgan fingerprint density at radius 2 is 1.83 bits per heavy atom. The number of H-pyrrole nitrogens is 1. The van der Waals surface area contributed by atoms with E-state index < -0.39 is 5.91 Å². The van der Waals surface area contributed by atoms with Crippen molar-refractivity contribution in [3.05, 3.63) is 112 Å². The van der Waals surface area contributed by atoms with Crippen LogP contribution in [0.2, 0.25) is 0 Å². The summed E-state index contributed by atoms with van der Waals surface area (Å²) in [4.78, 5) is 12.6. The minimum atomic E-state index is -0.464. The number of phenols is 1. The fraction of sp³-hybridized carbons (Fsp3) is 0.0357. The number of halogens is 1. The summed E-state index contributed by atoms with van der Waals surface area (Å²) >= 11 is 3.34. The van der Waals surface area contributed by atoms with Gasteiger partial charge in [-0.3, -0.25) is 9.89 Å². The zero-order valence-electron chi connectivity index (χ0n) is 19.0. The number of hydrazone groups is 1. The fourth-order valence-corrected chi connectivity index (χ4v) is 4.18. The van der Waals surface area contributed by atoms with Crippen molar-refractivity contribution >= 4 is 38.8 Å². The van der Waals surface area contributed by atoms with Crippen molar-refractivity contribution in [2.45, 2.75) is 6.61 Å². The molecular formula is C28H21BrN4O3. The molecule has 0 fully saturated rings. The van der Waals surface area contributed by atoms with Crippen LogP contribution >= 0.6 is 15.9 Å². The van der Waals surface area contributed by atoms with E-state index in [1.165, 1.54) is 12.3 Å². The number of para-hydroxylation sites is 1. The zero-order chi connectivity index (χ0) is 24.9. The smallest absolute Gasteiger partial charge is 0.289 e. The topological polar surface area (TPSA) is 99.6 Å². The second-order valence-corrected chi connectivity index (χ2v) is 8.91. The molecule has 0 saturated carbocycles. The van der Waals surface area contributed by atoms with Crippen LogP contribution in [0.3, 0.4) is 0 Å². The number of nitrogens with zero attached hydrogens (tertiary/aromatic N) is 2. The first-order chi connectivity index (χ1) is 17.6. The van der Waals surface area contributed by atoms with Crippen molar-refractivity contribution in [3.8, 4) is 22.8 Å². The van der Waals surface area contributed by atoms with Gasteiger partial charge in [-0.1, -0.05) is 70.5 Å². The van der Waals surface area contributed by atoms with E-state index >= 15 is 0 Å². The summed E-state index contributed by atoms with van der Waals surface area (Å²) in [5, 5.41) is 23.2. The van der Waals surface area contributed by atoms with Crippen molar-refractivity contribution in [3.63, 3.8) is 0 Å². The summed E-state index contributed by atoms with van der Waals surface area (Å²) in [6.07, 6.45) is 1.37. The van der Waals surface area contributed by atoms with Gasteiger partial charge >= 0.3 is 0 Å². The lowest BCUT2D eigenvalue weighted by atomic mass is 10.1. The molecular weight excluding hydrogens is 520 g/mol. The molecule has 0 atom stereocenters. The highest BCUT2D eigenvalue weighted by Crippen LogP contribution is 2.30. The lowest BCUT2D eigenvalue weighted by molar-refractivity contribution is 0.0950. The first-order valence-corrected chi connectivity index (χ1v) is 11.9. The van der Waals surface area contributed by atoms with Crippen molar-refractivity contribution < 1.29 is 14.6 Å². The van der Waals surface area contributed by atoms with Crippen molar-refractivity contribution in [2.75, 3.05) is 0 Å². The Hall–Kier alpha value is -4.43. The lowest BCUT2D eigenvalue weighted by Gasteiger charge is -2.12. The number of carbonyl (C=O) groups is 1. The van der Waals surface area contributed by atoms with E-state index in [9.17, 15) is 9.90 Å². The molecule has 7 nitrogen and oxygen atoms in total. The number of hydrogen-bond acceptors (Lipinski definition) is 5. The molecule has 1 aromatic heterocycles. The molecule has 0 aliphatic rings. The van der Waals surface area contributed by atoms with Gasteiger partial charge in [0.15, 0.2) is 0 Å². The molecule has 1 amide bonds. The van der Waals surface area contributed by atoms with E-state index in [1.807, 2.05) is 42.5 Å². The number of nitrogens with one attached hydrogen (secondary N) is 2. The third-order valence-corrected chi connectivity index (χ3v) is 6.10. The van der Waals surface area contributed by atoms with Gasteiger partial charge in [-0.15, -0.1) is 0 Å². The Kier molecular flexibility index (Phi) is 6.77. The molecule has 36 heavy (non-hydrogen) atoms. The molecule has 0 unspecified atom stereocenters. The van der Waals surface area contributed by atoms with E-state index in [0.717, 1.165) is 26.4 Å². The summed E-state index contributed by atoms with van der Waals surface area (Å²) in [7, 11) is 0. The number of carbonyl (C=O) groups excluding carboxylic acids is 1. The second-order valence-electron chi connectivity index (χ2n) is 7.99. The summed E-state index contributed by atoms with van der Waals surface area (Å²) < 4.78 is 6.97. The van der Waals surface area contributed by atoms with Crippen LogP contribution in [0.4, 0.5) is 0 Å². The summed E-state index contributed by atoms with van der Waals surface area (Å²) in [5.41, 5.74) is 5.56. The Balaban J connectivity index is 1.30. The Morgan fingerprint density at radius 1 is 1.03 bits per heavy atom. The predicted molar refractivity (Wildman–Crippen MR) is 143 cm³/mol. The van der Waals surface area contributed by atoms with Crippen LogP contribution in [-0.4, -0.2) is 27.4 Å². The van der Waals surface area contributed by atoms with Crippen LogP contribution in [-0.2, 0) is 6.61 Å². The number of rotatable bonds is 7. The summed E-state index contributed by atoms with van der Waals surface area (Å²) in [6, 6.07) is 28.5. The highest BCUT2D eigenvalue weighted by molar-refractivity contribution is 9.10. The fourth-order valence-electron chi connectivity index (χ4n) is 3.80. The quantitative estimate of drug-likeness (QED) is 0.173. The summed E-state index contributed by atoms with van der Waals surface area (Å²) in [6.45, 7) is 0.396. The third-order valence-electron chi connectivity index (χ3n) is 5.61. The van der Waals surface area contributed by atoms with E-state index in [4.69, 9.17) is 4.74 Å². The molecule has 0 aliphatic carbocycles. The molecule has 1 heterocycles. The minimum absolute atomic E-state index is 0.0557. The SMILES string of the molecule is O=C(N/N=C/c1cc(Br)ccc1O)c1cc(-c2ccccc2OCc2cccc3ccccc23)n[nH]1. The minimum Gasteiger partial charge on any atom is -0.507 e. The summed E-state index contributed by atoms with van der Waals surface area (Å²) in [5.74, 6) is 0.251. The van der Waals surface area contributed by atoms with Crippen LogP contribution < -0.4 is 10.2 Å². The number of fused-ring (bicyclic) bond motifs is 1. The molecule has 4 aromatic carbocycles. The molecule has 0 spiro atoms. The largest absolute Gasteiger partial charge is 0.507 e. The van der Waals surface area contributed by atoms with Gasteiger partial charge in [0.2, 0.25) is 0 Å². The molecule has 0 radical (unpaired) electrons. The molecule has 178 valence electrons. The maximum Gasteiger partial charge on any atom is 0.289 e. The van der Waals surface area contributed by atoms with Crippen LogP contribution in [0.1, 0.15) is 21.6 Å². The maximum atomic E-state index is 12.6. The molecule has 5 rings (SSSR count). The van der Waals surface area contributed by atoms with Gasteiger partial charge in [0.25, 0.3) is 5.91 Å². The Labute approximate surface area is 215 Å². The number of amides is 1. The number of aromatic amines is 1. The Bertz CT molecular complexity index is 1570. The first-order valence-electron chi connectivity index (χ1n) is 11.1. The molecule has 8 heteroatoms. The molecule has 0 bridgehead atoms. The van der Waals surface area contributed by atoms with Gasteiger partial charge in [-0.2, -0.15) is 10.2 Å². The average molecular weight is 541 g/mol. The molecule has 0 saturated heterocycles. The van der Waals surface area contributed by atoms with Crippen molar-refractivity contribution in [1.29, 1.82) is 0 Å². The van der Waals surface area contributed by atoms with Crippen molar-refractivity contribution in [1.82, 2.24) is 15.6 Å². The van der Waals surface area contributed by atoms with E-state index in [2.05, 4.69) is 60.9 Å². The zero-order valence-corrected chi connectivity index (χ0v) is 20.6. The van der Waals surface area contributed by atoms with Gasteiger partial charge in [-0.05, 0) is 52.7 Å². The van der Waals surface area contributed by atoms with E-state index in [0.29, 0.717) is 23.6 Å². The maximum absolute atomic E-state index is 12.6. The van der Waals surface area contributed by atoms with Crippen LogP contribution in [0.5, 0.6) is 11.5 Å². The molecule has 0 aliphatic heterocycles. The van der Waals surface area contributed by atoms with Gasteiger partial charge in [0, 0.05) is 15.6 Å². The number of ether oxygens (including phenoxy) is 1. The monoisotopic (exact) mass is 540 g/mol. The van der Waals surface area contributed by atoms with E-state index in [1.54, 1.807) is 18.2 Å². The Morgan fingerprint density at radius 3 is 2.75 bits per heavy atom. The number of hydrogen-bond donors (Lipinski definition) is 3. The van der Waals surface area contributed by atoms with Crippen LogP contribution in [0.25, 0.3) is 22.0 Å². The molecule has 3 N–H and O–H groups in total. The highest BCUT2D eigenvalue weighted by Gasteiger charge is 2.14. The first kappa shape index (κ1) is 23.3. The number of aromatic nitrogens is 2. The standard InChI is InChI=1S/C28H21BrN4O3/c29-21-12-13-26(34)20(14-21)16-30-33-28(35)25-15-24(31-32-25)23-10-3-4-11-27(23)36-17-19-8-5-7-18-6-1-2-9-22(18)19/h1-16,34H,17H2,(H,31,32)(H,33,35)/b30-16+. The van der Waals surface area contributed by atoms with Gasteiger partial charge < -0.3 is 9.84 Å². The number of phenolic OH excluding ortho intramolecular Hbond substituents is 1. The van der Waals surface area contributed by atoms with Gasteiger partial charge in [0.05, 0.1) is 11.9 Å². The number of benzene rings is 4. The lowest BCUT2D eigenvalue weighted by Crippen LogP contribution is -2.18. The van der Waals surface area contributed by atoms with Crippen molar-refractivity contribution in [2.24, 2.45) is 5.10 Å².